The van der Waals surface area contributed by atoms with E-state index in [4.69, 9.17) is 0 Å². The molecule has 6 heteroatoms. The summed E-state index contributed by atoms with van der Waals surface area (Å²) < 4.78 is 5.29. The van der Waals surface area contributed by atoms with Gasteiger partial charge in [-0.25, -0.2) is 0 Å². The van der Waals surface area contributed by atoms with Crippen molar-refractivity contribution in [3.8, 4) is 0 Å². The number of amides is 1. The number of nitrogens with one attached hydrogen (secondary N) is 2. The molecule has 1 amide bonds. The number of esters is 1. The highest BCUT2D eigenvalue weighted by molar-refractivity contribution is 9.10. The minimum Gasteiger partial charge on any atom is -0.469 e. The van der Waals surface area contributed by atoms with E-state index in [0.29, 0.717) is 5.69 Å². The number of para-hydroxylation sites is 1. The minimum atomic E-state index is -0.353. The Morgan fingerprint density at radius 2 is 2.10 bits per heavy atom. The number of hydrogen-bond acceptors (Lipinski definition) is 3. The van der Waals surface area contributed by atoms with Gasteiger partial charge in [0.05, 0.1) is 18.0 Å². The van der Waals surface area contributed by atoms with Gasteiger partial charge < -0.3 is 15.0 Å². The van der Waals surface area contributed by atoms with Crippen molar-refractivity contribution < 1.29 is 14.3 Å². The Balaban J connectivity index is 2.15. The lowest BCUT2D eigenvalue weighted by Crippen LogP contribution is -2.34. The number of carbonyl (C=O) groups is 2. The van der Waals surface area contributed by atoms with Crippen LogP contribution in [0.25, 0.3) is 10.9 Å². The SMILES string of the molecule is COC(=O)C[C@@H](C)NC(=O)c1[nH]c2ccccc2c1Br. The van der Waals surface area contributed by atoms with Crippen molar-refractivity contribution in [3.05, 3.63) is 34.4 Å². The number of methoxy groups -OCH3 is 1. The molecule has 20 heavy (non-hydrogen) atoms. The maximum absolute atomic E-state index is 12.2. The Labute approximate surface area is 124 Å². The van der Waals surface area contributed by atoms with E-state index in [1.807, 2.05) is 24.3 Å². The number of fused-ring (bicyclic) bond motifs is 1. The van der Waals surface area contributed by atoms with Crippen molar-refractivity contribution in [1.29, 1.82) is 0 Å². The molecule has 0 spiro atoms. The molecule has 2 rings (SSSR count). The second-order valence-corrected chi connectivity index (χ2v) is 5.31. The van der Waals surface area contributed by atoms with E-state index in [2.05, 4.69) is 31.0 Å². The number of benzene rings is 1. The highest BCUT2D eigenvalue weighted by Gasteiger charge is 2.18. The molecule has 1 aromatic carbocycles. The van der Waals surface area contributed by atoms with Crippen LogP contribution in [-0.2, 0) is 9.53 Å². The summed E-state index contributed by atoms with van der Waals surface area (Å²) in [5.41, 5.74) is 1.33. The lowest BCUT2D eigenvalue weighted by atomic mass is 10.2. The number of hydrogen-bond donors (Lipinski definition) is 2. The molecular weight excluding hydrogens is 324 g/mol. The summed E-state index contributed by atoms with van der Waals surface area (Å²) in [5, 5.41) is 3.71. The highest BCUT2D eigenvalue weighted by Crippen LogP contribution is 2.27. The van der Waals surface area contributed by atoms with Gasteiger partial charge >= 0.3 is 5.97 Å². The Bertz CT molecular complexity index is 651. The van der Waals surface area contributed by atoms with Gasteiger partial charge in [0.15, 0.2) is 0 Å². The van der Waals surface area contributed by atoms with E-state index in [9.17, 15) is 9.59 Å². The lowest BCUT2D eigenvalue weighted by Gasteiger charge is -2.11. The third-order valence-electron chi connectivity index (χ3n) is 2.95. The smallest absolute Gasteiger partial charge is 0.307 e. The van der Waals surface area contributed by atoms with Crippen LogP contribution in [-0.4, -0.2) is 30.0 Å². The lowest BCUT2D eigenvalue weighted by molar-refractivity contribution is -0.141. The fraction of sp³-hybridized carbons (Fsp3) is 0.286. The first-order chi connectivity index (χ1) is 9.52. The van der Waals surface area contributed by atoms with Crippen molar-refractivity contribution in [2.24, 2.45) is 0 Å². The first-order valence-electron chi connectivity index (χ1n) is 6.16. The van der Waals surface area contributed by atoms with Gasteiger partial charge in [-0.05, 0) is 28.9 Å². The van der Waals surface area contributed by atoms with Crippen LogP contribution in [0.3, 0.4) is 0 Å². The summed E-state index contributed by atoms with van der Waals surface area (Å²) in [6.45, 7) is 1.76. The fourth-order valence-corrected chi connectivity index (χ4v) is 2.57. The van der Waals surface area contributed by atoms with Gasteiger partial charge in [0.1, 0.15) is 5.69 Å². The monoisotopic (exact) mass is 338 g/mol. The Morgan fingerprint density at radius 1 is 1.40 bits per heavy atom. The van der Waals surface area contributed by atoms with Crippen molar-refractivity contribution in [1.82, 2.24) is 10.3 Å². The molecule has 1 atom stereocenters. The number of aromatic nitrogens is 1. The number of carbonyl (C=O) groups excluding carboxylic acids is 2. The van der Waals surface area contributed by atoms with Gasteiger partial charge in [0.2, 0.25) is 0 Å². The highest BCUT2D eigenvalue weighted by atomic mass is 79.9. The fourth-order valence-electron chi connectivity index (χ4n) is 1.94. The average molecular weight is 339 g/mol. The standard InChI is InChI=1S/C14H15BrN2O3/c1-8(7-11(18)20-2)16-14(19)13-12(15)9-5-3-4-6-10(9)17-13/h3-6,8,17H,7H2,1-2H3,(H,16,19)/t8-/m1/s1. The molecule has 0 bridgehead atoms. The summed E-state index contributed by atoms with van der Waals surface area (Å²) >= 11 is 3.42. The average Bonchev–Trinajstić information content (AvgIpc) is 2.76. The van der Waals surface area contributed by atoms with E-state index in [1.54, 1.807) is 6.92 Å². The summed E-state index contributed by atoms with van der Waals surface area (Å²) in [6, 6.07) is 7.32. The molecule has 0 saturated heterocycles. The summed E-state index contributed by atoms with van der Waals surface area (Å²) in [7, 11) is 1.32. The van der Waals surface area contributed by atoms with E-state index < -0.39 is 0 Å². The van der Waals surface area contributed by atoms with Crippen LogP contribution in [0, 0.1) is 0 Å². The molecule has 106 valence electrons. The quantitative estimate of drug-likeness (QED) is 0.841. The molecule has 0 radical (unpaired) electrons. The van der Waals surface area contributed by atoms with Gasteiger partial charge in [0, 0.05) is 16.9 Å². The van der Waals surface area contributed by atoms with Crippen molar-refractivity contribution in [2.45, 2.75) is 19.4 Å². The van der Waals surface area contributed by atoms with E-state index >= 15 is 0 Å². The van der Waals surface area contributed by atoms with Crippen molar-refractivity contribution in [2.75, 3.05) is 7.11 Å². The van der Waals surface area contributed by atoms with Gasteiger partial charge in [-0.1, -0.05) is 18.2 Å². The normalized spacial score (nSPS) is 12.2. The topological polar surface area (TPSA) is 71.2 Å². The summed E-state index contributed by atoms with van der Waals surface area (Å²) in [5.74, 6) is -0.613. The predicted octanol–water partition coefficient (Wildman–Crippen LogP) is 2.61. The van der Waals surface area contributed by atoms with E-state index in [1.165, 1.54) is 7.11 Å². The van der Waals surface area contributed by atoms with Crippen LogP contribution in [0.4, 0.5) is 0 Å². The predicted molar refractivity (Wildman–Crippen MR) is 79.6 cm³/mol. The van der Waals surface area contributed by atoms with E-state index in [0.717, 1.165) is 15.4 Å². The molecule has 1 aromatic heterocycles. The van der Waals surface area contributed by atoms with Crippen LogP contribution in [0.15, 0.2) is 28.7 Å². The van der Waals surface area contributed by atoms with Gasteiger partial charge in [-0.15, -0.1) is 0 Å². The zero-order chi connectivity index (χ0) is 14.7. The maximum atomic E-state index is 12.2. The zero-order valence-corrected chi connectivity index (χ0v) is 12.8. The molecular formula is C14H15BrN2O3. The van der Waals surface area contributed by atoms with Crippen molar-refractivity contribution >= 4 is 38.7 Å². The minimum absolute atomic E-state index is 0.139. The van der Waals surface area contributed by atoms with Gasteiger partial charge in [-0.2, -0.15) is 0 Å². The Morgan fingerprint density at radius 3 is 2.75 bits per heavy atom. The van der Waals surface area contributed by atoms with Crippen LogP contribution >= 0.6 is 15.9 Å². The van der Waals surface area contributed by atoms with E-state index in [-0.39, 0.29) is 24.3 Å². The first kappa shape index (κ1) is 14.6. The molecule has 5 nitrogen and oxygen atoms in total. The molecule has 0 aliphatic heterocycles. The number of aromatic amines is 1. The number of rotatable bonds is 4. The van der Waals surface area contributed by atoms with Crippen molar-refractivity contribution in [3.63, 3.8) is 0 Å². The molecule has 0 aliphatic carbocycles. The summed E-state index contributed by atoms with van der Waals surface area (Å²) in [4.78, 5) is 26.4. The second kappa shape index (κ2) is 6.09. The maximum Gasteiger partial charge on any atom is 0.307 e. The second-order valence-electron chi connectivity index (χ2n) is 4.51. The largest absolute Gasteiger partial charge is 0.469 e. The first-order valence-corrected chi connectivity index (χ1v) is 6.96. The van der Waals surface area contributed by atoms with Crippen LogP contribution in [0.2, 0.25) is 0 Å². The molecule has 1 heterocycles. The van der Waals surface area contributed by atoms with Gasteiger partial charge in [0.25, 0.3) is 5.91 Å². The molecule has 0 aliphatic rings. The Hall–Kier alpha value is -1.82. The van der Waals surface area contributed by atoms with Crippen LogP contribution < -0.4 is 5.32 Å². The molecule has 0 fully saturated rings. The third kappa shape index (κ3) is 3.01. The number of halogens is 1. The molecule has 0 saturated carbocycles. The third-order valence-corrected chi connectivity index (χ3v) is 3.77. The molecule has 2 aromatic rings. The molecule has 0 unspecified atom stereocenters. The summed E-state index contributed by atoms with van der Waals surface area (Å²) in [6.07, 6.45) is 0.139. The number of H-pyrrole nitrogens is 1. The van der Waals surface area contributed by atoms with Gasteiger partial charge in [-0.3, -0.25) is 9.59 Å². The molecule has 2 N–H and O–H groups in total. The van der Waals surface area contributed by atoms with Crippen LogP contribution in [0.1, 0.15) is 23.8 Å². The van der Waals surface area contributed by atoms with Crippen LogP contribution in [0.5, 0.6) is 0 Å². The zero-order valence-electron chi connectivity index (χ0n) is 11.2. The Kier molecular flexibility index (Phi) is 4.44. The number of ether oxygens (including phenoxy) is 1.